The van der Waals surface area contributed by atoms with Crippen molar-refractivity contribution in [3.8, 4) is 0 Å². The maximum Gasteiger partial charge on any atom is 0.470 e. The monoisotopic (exact) mass is 400 g/mol. The molecule has 1 aliphatic rings. The third kappa shape index (κ3) is 4.27. The van der Waals surface area contributed by atoms with Gasteiger partial charge in [0.05, 0.1) is 11.7 Å². The Morgan fingerprint density at radius 2 is 1.96 bits per heavy atom. The number of allylic oxidation sites excluding steroid dienone is 2. The predicted molar refractivity (Wildman–Crippen MR) is 91.3 cm³/mol. The van der Waals surface area contributed by atoms with E-state index < -0.39 is 35.4 Å². The average molecular weight is 400 g/mol. The molecule has 5 nitrogen and oxygen atoms in total. The summed E-state index contributed by atoms with van der Waals surface area (Å²) in [5.41, 5.74) is 0.343. The van der Waals surface area contributed by atoms with Crippen LogP contribution in [0, 0.1) is 11.6 Å². The molecule has 1 saturated carbocycles. The van der Waals surface area contributed by atoms with Crippen LogP contribution >= 0.6 is 0 Å². The van der Waals surface area contributed by atoms with Crippen molar-refractivity contribution in [3.63, 3.8) is 0 Å². The molecule has 1 aromatic carbocycles. The van der Waals surface area contributed by atoms with E-state index >= 15 is 0 Å². The minimum absolute atomic E-state index is 0.231. The Bertz CT molecular complexity index is 915. The van der Waals surface area contributed by atoms with Crippen LogP contribution in [0.1, 0.15) is 44.0 Å². The number of benzene rings is 1. The highest BCUT2D eigenvalue weighted by atomic mass is 19.4. The first-order valence-corrected chi connectivity index (χ1v) is 8.48. The smallest absolute Gasteiger partial charge is 0.413 e. The van der Waals surface area contributed by atoms with Gasteiger partial charge in [-0.05, 0) is 44.4 Å². The van der Waals surface area contributed by atoms with Crippen molar-refractivity contribution < 1.29 is 26.4 Å². The molecule has 1 atom stereocenters. The van der Waals surface area contributed by atoms with Gasteiger partial charge in [0.15, 0.2) is 11.6 Å². The van der Waals surface area contributed by atoms with Crippen molar-refractivity contribution in [3.05, 3.63) is 53.3 Å². The lowest BCUT2D eigenvalue weighted by atomic mass is 10.0. The lowest BCUT2D eigenvalue weighted by Gasteiger charge is -2.21. The van der Waals surface area contributed by atoms with Gasteiger partial charge in [0.25, 0.3) is 0 Å². The van der Waals surface area contributed by atoms with Crippen molar-refractivity contribution in [2.75, 3.05) is 0 Å². The highest BCUT2D eigenvalue weighted by Gasteiger charge is 2.45. The summed E-state index contributed by atoms with van der Waals surface area (Å²) < 4.78 is 69.0. The molecule has 1 heterocycles. The molecule has 3 rings (SSSR count). The Morgan fingerprint density at radius 3 is 2.50 bits per heavy atom. The number of aromatic nitrogens is 2. The molecule has 1 aliphatic carbocycles. The van der Waals surface area contributed by atoms with Gasteiger partial charge in [0, 0.05) is 11.8 Å². The Labute approximate surface area is 157 Å². The summed E-state index contributed by atoms with van der Waals surface area (Å²) in [4.78, 5) is 4.25. The Hall–Kier alpha value is -2.62. The number of aliphatic imine (C=N–C) groups is 1. The van der Waals surface area contributed by atoms with Gasteiger partial charge in [0.1, 0.15) is 0 Å². The van der Waals surface area contributed by atoms with Crippen LogP contribution in [0.15, 0.2) is 33.7 Å². The third-order valence-corrected chi connectivity index (χ3v) is 4.37. The zero-order valence-electron chi connectivity index (χ0n) is 15.0. The quantitative estimate of drug-likeness (QED) is 0.574. The summed E-state index contributed by atoms with van der Waals surface area (Å²) in [5, 5.41) is 9.60. The van der Waals surface area contributed by atoms with Crippen LogP contribution in [0.4, 0.5) is 22.0 Å². The second kappa shape index (κ2) is 7.42. The summed E-state index contributed by atoms with van der Waals surface area (Å²) in [6.07, 6.45) is -0.895. The maximum atomic E-state index is 13.5. The van der Waals surface area contributed by atoms with Gasteiger partial charge in [-0.25, -0.2) is 8.78 Å². The lowest BCUT2D eigenvalue weighted by molar-refractivity contribution is -0.157. The molecule has 0 bridgehead atoms. The van der Waals surface area contributed by atoms with Crippen LogP contribution in [0.5, 0.6) is 0 Å². The third-order valence-electron chi connectivity index (χ3n) is 4.37. The summed E-state index contributed by atoms with van der Waals surface area (Å²) in [5.74, 6) is -3.57. The standard InChI is InChI=1S/C18H17F5N4O/c1-3-11(15-26-27-16(28-15)18(21,22)23)9-24-10(2)25-17(6-7-17)12-4-5-13(19)14(20)8-12/h3-5,8-10,25H,6-7H2,1-2H3/b11-3+,24-9-. The molecule has 0 amide bonds. The van der Waals surface area contributed by atoms with E-state index in [0.717, 1.165) is 25.0 Å². The Kier molecular flexibility index (Phi) is 5.33. The van der Waals surface area contributed by atoms with E-state index in [1.165, 1.54) is 18.4 Å². The van der Waals surface area contributed by atoms with Gasteiger partial charge < -0.3 is 4.42 Å². The van der Waals surface area contributed by atoms with E-state index in [2.05, 4.69) is 24.9 Å². The second-order valence-corrected chi connectivity index (χ2v) is 6.46. The van der Waals surface area contributed by atoms with Gasteiger partial charge in [0.2, 0.25) is 5.89 Å². The largest absolute Gasteiger partial charge is 0.470 e. The van der Waals surface area contributed by atoms with Crippen LogP contribution in [-0.2, 0) is 11.7 Å². The van der Waals surface area contributed by atoms with E-state index in [0.29, 0.717) is 5.56 Å². The van der Waals surface area contributed by atoms with Crippen LogP contribution in [0.25, 0.3) is 5.57 Å². The summed E-state index contributed by atoms with van der Waals surface area (Å²) >= 11 is 0. The first-order valence-electron chi connectivity index (χ1n) is 8.48. The fraction of sp³-hybridized carbons (Fsp3) is 0.389. The number of hydrogen-bond donors (Lipinski definition) is 1. The molecule has 28 heavy (non-hydrogen) atoms. The Morgan fingerprint density at radius 1 is 1.25 bits per heavy atom. The van der Waals surface area contributed by atoms with Gasteiger partial charge in [-0.2, -0.15) is 13.2 Å². The van der Waals surface area contributed by atoms with Gasteiger partial charge in [-0.1, -0.05) is 12.1 Å². The number of nitrogens with one attached hydrogen (secondary N) is 1. The van der Waals surface area contributed by atoms with Crippen molar-refractivity contribution in [1.29, 1.82) is 0 Å². The molecule has 2 aromatic rings. The van der Waals surface area contributed by atoms with Crippen molar-refractivity contribution in [1.82, 2.24) is 15.5 Å². The van der Waals surface area contributed by atoms with Gasteiger partial charge in [-0.15, -0.1) is 10.2 Å². The van der Waals surface area contributed by atoms with Crippen LogP contribution in [0.2, 0.25) is 0 Å². The number of hydrogen-bond acceptors (Lipinski definition) is 5. The molecule has 1 aromatic heterocycles. The van der Waals surface area contributed by atoms with E-state index in [4.69, 9.17) is 0 Å². The van der Waals surface area contributed by atoms with E-state index in [-0.39, 0.29) is 11.5 Å². The minimum atomic E-state index is -4.72. The molecule has 0 aliphatic heterocycles. The lowest BCUT2D eigenvalue weighted by Crippen LogP contribution is -2.35. The maximum absolute atomic E-state index is 13.5. The van der Waals surface area contributed by atoms with Crippen molar-refractivity contribution in [2.24, 2.45) is 4.99 Å². The van der Waals surface area contributed by atoms with E-state index in [1.807, 2.05) is 0 Å². The Balaban J connectivity index is 1.69. The number of rotatable bonds is 6. The van der Waals surface area contributed by atoms with E-state index in [9.17, 15) is 22.0 Å². The van der Waals surface area contributed by atoms with Crippen molar-refractivity contribution in [2.45, 2.75) is 44.6 Å². The molecule has 0 radical (unpaired) electrons. The first-order chi connectivity index (χ1) is 13.1. The molecule has 150 valence electrons. The number of halogens is 5. The van der Waals surface area contributed by atoms with Crippen molar-refractivity contribution >= 4 is 11.8 Å². The average Bonchev–Trinajstić information content (AvgIpc) is 3.21. The molecule has 0 saturated heterocycles. The molecule has 1 fully saturated rings. The van der Waals surface area contributed by atoms with Crippen LogP contribution < -0.4 is 5.32 Å². The zero-order chi connectivity index (χ0) is 20.5. The molecule has 10 heteroatoms. The topological polar surface area (TPSA) is 63.3 Å². The molecule has 0 spiro atoms. The molecular formula is C18H17F5N4O. The fourth-order valence-corrected chi connectivity index (χ4v) is 2.77. The summed E-state index contributed by atoms with van der Waals surface area (Å²) in [6.45, 7) is 3.33. The van der Waals surface area contributed by atoms with E-state index in [1.54, 1.807) is 13.8 Å². The van der Waals surface area contributed by atoms with Gasteiger partial charge >= 0.3 is 12.1 Å². The highest BCUT2D eigenvalue weighted by molar-refractivity contribution is 6.07. The highest BCUT2D eigenvalue weighted by Crippen LogP contribution is 2.46. The molecule has 1 N–H and O–H groups in total. The summed E-state index contributed by atoms with van der Waals surface area (Å²) in [6, 6.07) is 3.75. The number of nitrogens with zero attached hydrogens (tertiary/aromatic N) is 3. The summed E-state index contributed by atoms with van der Waals surface area (Å²) in [7, 11) is 0. The normalized spacial score (nSPS) is 17.9. The molecular weight excluding hydrogens is 383 g/mol. The first kappa shape index (κ1) is 20.1. The second-order valence-electron chi connectivity index (χ2n) is 6.46. The van der Waals surface area contributed by atoms with Crippen LogP contribution in [0.3, 0.4) is 0 Å². The van der Waals surface area contributed by atoms with Crippen LogP contribution in [-0.4, -0.2) is 22.6 Å². The number of alkyl halides is 3. The minimum Gasteiger partial charge on any atom is -0.413 e. The zero-order valence-corrected chi connectivity index (χ0v) is 15.0. The predicted octanol–water partition coefficient (Wildman–Crippen LogP) is 4.47. The fourth-order valence-electron chi connectivity index (χ4n) is 2.77. The SMILES string of the molecule is C/C=C(\C=N/C(C)NC1(c2ccc(F)c(F)c2)CC1)c1nnc(C(F)(F)F)o1. The molecule has 1 unspecified atom stereocenters. The van der Waals surface area contributed by atoms with Gasteiger partial charge in [-0.3, -0.25) is 10.3 Å².